The first-order chi connectivity index (χ1) is 17.7. The number of fused-ring (bicyclic) bond motifs is 1. The molecule has 0 saturated carbocycles. The number of nitrogens with zero attached hydrogens (tertiary/aromatic N) is 2. The molecule has 4 aromatic rings. The first kappa shape index (κ1) is 25.4. The van der Waals surface area contributed by atoms with Crippen LogP contribution in [0.15, 0.2) is 67.4 Å². The molecule has 3 N–H and O–H groups in total. The van der Waals surface area contributed by atoms with Crippen molar-refractivity contribution in [2.24, 2.45) is 0 Å². The Morgan fingerprint density at radius 3 is 2.68 bits per heavy atom. The zero-order valence-electron chi connectivity index (χ0n) is 18.9. The number of ether oxygens (including phenoxy) is 3. The maximum Gasteiger partial charge on any atom is 0.522 e. The third kappa shape index (κ3) is 6.95. The Labute approximate surface area is 207 Å². The standard InChI is InChI=1S/C24H19F4N5O4/c1-2-20(34)30-14-4-3-5-16(12-14)37-22-17-8-9-29-21(17)32-23(33-22)31-15-6-7-19(18(25)13-15)35-10-11-36-24(26,27)28/h2-9,12-13H,1,10-11H2,(H,30,34)(H2,29,31,32,33). The van der Waals surface area contributed by atoms with Crippen LogP contribution >= 0.6 is 0 Å². The van der Waals surface area contributed by atoms with Crippen LogP contribution in [0.4, 0.5) is 34.9 Å². The predicted molar refractivity (Wildman–Crippen MR) is 126 cm³/mol. The maximum atomic E-state index is 14.4. The minimum Gasteiger partial charge on any atom is -0.488 e. The Morgan fingerprint density at radius 1 is 1.08 bits per heavy atom. The average molecular weight is 517 g/mol. The van der Waals surface area contributed by atoms with E-state index >= 15 is 0 Å². The van der Waals surface area contributed by atoms with E-state index in [0.29, 0.717) is 22.5 Å². The van der Waals surface area contributed by atoms with E-state index in [1.54, 1.807) is 36.5 Å². The number of H-pyrrole nitrogens is 1. The molecule has 2 aromatic heterocycles. The molecule has 2 aromatic carbocycles. The average Bonchev–Trinajstić information content (AvgIpc) is 3.31. The highest BCUT2D eigenvalue weighted by Gasteiger charge is 2.28. The minimum atomic E-state index is -4.79. The number of aromatic nitrogens is 3. The SMILES string of the molecule is C=CC(=O)Nc1cccc(Oc2nc(Nc3ccc(OCCOC(F)(F)F)c(F)c3)nc3[nH]ccc23)c1. The van der Waals surface area contributed by atoms with Crippen LogP contribution in [-0.2, 0) is 9.53 Å². The van der Waals surface area contributed by atoms with Crippen LogP contribution < -0.4 is 20.1 Å². The molecule has 0 fully saturated rings. The lowest BCUT2D eigenvalue weighted by molar-refractivity contribution is -0.325. The summed E-state index contributed by atoms with van der Waals surface area (Å²) >= 11 is 0. The number of aromatic amines is 1. The van der Waals surface area contributed by atoms with E-state index in [4.69, 9.17) is 9.47 Å². The van der Waals surface area contributed by atoms with Crippen molar-refractivity contribution in [2.45, 2.75) is 6.36 Å². The van der Waals surface area contributed by atoms with Gasteiger partial charge in [-0.15, -0.1) is 13.2 Å². The van der Waals surface area contributed by atoms with Gasteiger partial charge in [0.2, 0.25) is 17.7 Å². The molecule has 0 saturated heterocycles. The molecule has 13 heteroatoms. The summed E-state index contributed by atoms with van der Waals surface area (Å²) in [5.41, 5.74) is 1.18. The van der Waals surface area contributed by atoms with Crippen LogP contribution in [0.3, 0.4) is 0 Å². The van der Waals surface area contributed by atoms with Crippen LogP contribution in [0.1, 0.15) is 0 Å². The van der Waals surface area contributed by atoms with Gasteiger partial charge in [-0.05, 0) is 36.4 Å². The van der Waals surface area contributed by atoms with Gasteiger partial charge in [0.25, 0.3) is 0 Å². The summed E-state index contributed by atoms with van der Waals surface area (Å²) in [6, 6.07) is 12.1. The summed E-state index contributed by atoms with van der Waals surface area (Å²) in [5.74, 6) is -0.788. The van der Waals surface area contributed by atoms with Crippen molar-refractivity contribution in [3.05, 3.63) is 73.2 Å². The van der Waals surface area contributed by atoms with Gasteiger partial charge in [-0.2, -0.15) is 9.97 Å². The number of alkyl halides is 3. The van der Waals surface area contributed by atoms with Gasteiger partial charge in [0, 0.05) is 29.7 Å². The lowest BCUT2D eigenvalue weighted by Gasteiger charge is -2.12. The van der Waals surface area contributed by atoms with Crippen molar-refractivity contribution in [1.82, 2.24) is 15.0 Å². The zero-order valence-corrected chi connectivity index (χ0v) is 18.9. The van der Waals surface area contributed by atoms with Gasteiger partial charge in [-0.25, -0.2) is 4.39 Å². The largest absolute Gasteiger partial charge is 0.522 e. The van der Waals surface area contributed by atoms with Crippen LogP contribution in [0.5, 0.6) is 17.4 Å². The third-order valence-electron chi connectivity index (χ3n) is 4.68. The van der Waals surface area contributed by atoms with Crippen molar-refractivity contribution >= 4 is 34.3 Å². The number of anilines is 3. The molecule has 0 aliphatic rings. The summed E-state index contributed by atoms with van der Waals surface area (Å²) in [4.78, 5) is 23.2. The number of carbonyl (C=O) groups is 1. The molecule has 0 aliphatic carbocycles. The van der Waals surface area contributed by atoms with Crippen molar-refractivity contribution in [3.63, 3.8) is 0 Å². The Bertz CT molecular complexity index is 1420. The van der Waals surface area contributed by atoms with E-state index < -0.39 is 25.4 Å². The number of halogens is 4. The van der Waals surface area contributed by atoms with E-state index in [1.165, 1.54) is 12.1 Å². The number of nitrogens with one attached hydrogen (secondary N) is 3. The van der Waals surface area contributed by atoms with Gasteiger partial charge in [-0.1, -0.05) is 12.6 Å². The van der Waals surface area contributed by atoms with Crippen LogP contribution in [0.2, 0.25) is 0 Å². The molecule has 4 rings (SSSR count). The predicted octanol–water partition coefficient (Wildman–Crippen LogP) is 5.67. The van der Waals surface area contributed by atoms with Crippen molar-refractivity contribution in [1.29, 1.82) is 0 Å². The summed E-state index contributed by atoms with van der Waals surface area (Å²) in [5, 5.41) is 6.06. The third-order valence-corrected chi connectivity index (χ3v) is 4.68. The van der Waals surface area contributed by atoms with E-state index in [2.05, 4.69) is 36.9 Å². The molecule has 0 atom stereocenters. The number of hydrogen-bond acceptors (Lipinski definition) is 7. The first-order valence-electron chi connectivity index (χ1n) is 10.7. The van der Waals surface area contributed by atoms with Crippen LogP contribution in [0, 0.1) is 5.82 Å². The highest BCUT2D eigenvalue weighted by molar-refractivity contribution is 5.99. The Morgan fingerprint density at radius 2 is 1.92 bits per heavy atom. The molecule has 0 aliphatic heterocycles. The molecule has 9 nitrogen and oxygen atoms in total. The molecule has 0 radical (unpaired) electrons. The lowest BCUT2D eigenvalue weighted by Crippen LogP contribution is -2.18. The van der Waals surface area contributed by atoms with Gasteiger partial charge in [0.1, 0.15) is 18.0 Å². The maximum absolute atomic E-state index is 14.4. The fourth-order valence-corrected chi connectivity index (χ4v) is 3.12. The molecule has 1 amide bonds. The van der Waals surface area contributed by atoms with Crippen molar-refractivity contribution in [2.75, 3.05) is 23.8 Å². The van der Waals surface area contributed by atoms with Gasteiger partial charge in [-0.3, -0.25) is 9.53 Å². The van der Waals surface area contributed by atoms with Gasteiger partial charge >= 0.3 is 6.36 Å². The molecule has 0 bridgehead atoms. The Hall–Kier alpha value is -4.65. The molecular formula is C24H19F4N5O4. The minimum absolute atomic E-state index is 0.0766. The molecule has 37 heavy (non-hydrogen) atoms. The molecule has 0 spiro atoms. The van der Waals surface area contributed by atoms with E-state index in [0.717, 1.165) is 12.1 Å². The zero-order chi connectivity index (χ0) is 26.4. The lowest BCUT2D eigenvalue weighted by atomic mass is 10.3. The fourth-order valence-electron chi connectivity index (χ4n) is 3.12. The second-order valence-corrected chi connectivity index (χ2v) is 7.33. The molecule has 192 valence electrons. The summed E-state index contributed by atoms with van der Waals surface area (Å²) in [6.45, 7) is 2.14. The Balaban J connectivity index is 1.49. The number of benzene rings is 2. The fraction of sp³-hybridized carbons (Fsp3) is 0.125. The first-order valence-corrected chi connectivity index (χ1v) is 10.7. The Kier molecular flexibility index (Phi) is 7.53. The van der Waals surface area contributed by atoms with E-state index in [9.17, 15) is 22.4 Å². The molecule has 2 heterocycles. The van der Waals surface area contributed by atoms with Crippen LogP contribution in [0.25, 0.3) is 11.0 Å². The summed E-state index contributed by atoms with van der Waals surface area (Å²) in [6.07, 6.45) is -2.00. The normalized spacial score (nSPS) is 11.2. The number of hydrogen-bond donors (Lipinski definition) is 3. The van der Waals surface area contributed by atoms with E-state index in [1.807, 2.05) is 0 Å². The van der Waals surface area contributed by atoms with Gasteiger partial charge < -0.3 is 25.1 Å². The molecular weight excluding hydrogens is 498 g/mol. The van der Waals surface area contributed by atoms with Gasteiger partial charge in [0.15, 0.2) is 11.6 Å². The highest BCUT2D eigenvalue weighted by Crippen LogP contribution is 2.31. The number of amides is 1. The number of carbonyl (C=O) groups excluding carboxylic acids is 1. The second-order valence-electron chi connectivity index (χ2n) is 7.33. The summed E-state index contributed by atoms with van der Waals surface area (Å²) in [7, 11) is 0. The van der Waals surface area contributed by atoms with Crippen molar-refractivity contribution in [3.8, 4) is 17.4 Å². The van der Waals surface area contributed by atoms with Gasteiger partial charge in [0.05, 0.1) is 12.0 Å². The highest BCUT2D eigenvalue weighted by atomic mass is 19.4. The molecule has 0 unspecified atom stereocenters. The summed E-state index contributed by atoms with van der Waals surface area (Å²) < 4.78 is 65.0. The van der Waals surface area contributed by atoms with Crippen LogP contribution in [-0.4, -0.2) is 40.4 Å². The monoisotopic (exact) mass is 517 g/mol. The number of rotatable bonds is 10. The van der Waals surface area contributed by atoms with Crippen molar-refractivity contribution < 1.29 is 36.6 Å². The topological polar surface area (TPSA) is 110 Å². The second kappa shape index (κ2) is 11.0. The smallest absolute Gasteiger partial charge is 0.488 e. The quantitative estimate of drug-likeness (QED) is 0.141. The van der Waals surface area contributed by atoms with E-state index in [-0.39, 0.29) is 29.2 Å².